The summed E-state index contributed by atoms with van der Waals surface area (Å²) in [5, 5.41) is 12.7. The van der Waals surface area contributed by atoms with Crippen molar-refractivity contribution in [3.63, 3.8) is 0 Å². The summed E-state index contributed by atoms with van der Waals surface area (Å²) >= 11 is 11.7. The topological polar surface area (TPSA) is 82.3 Å². The number of carbonyl (C=O) groups excluding carboxylic acids is 2. The molecule has 0 aliphatic heterocycles. The summed E-state index contributed by atoms with van der Waals surface area (Å²) in [7, 11) is 0. The van der Waals surface area contributed by atoms with Crippen LogP contribution in [0, 0.1) is 0 Å². The van der Waals surface area contributed by atoms with Crippen molar-refractivity contribution in [2.24, 2.45) is 0 Å². The Kier molecular flexibility index (Phi) is 7.01. The number of rotatable bonds is 4. The number of urea groups is 2. The smallest absolute Gasteiger partial charge is 0.319 e. The molecule has 0 aromatic heterocycles. The van der Waals surface area contributed by atoms with Gasteiger partial charge in [-0.15, -0.1) is 0 Å². The van der Waals surface area contributed by atoms with Crippen LogP contribution in [0.4, 0.5) is 21.0 Å². The van der Waals surface area contributed by atoms with E-state index in [4.69, 9.17) is 23.2 Å². The van der Waals surface area contributed by atoms with E-state index in [1.807, 2.05) is 0 Å². The first-order valence-corrected chi connectivity index (χ1v) is 9.91. The van der Waals surface area contributed by atoms with Crippen LogP contribution in [0.25, 0.3) is 0 Å². The molecule has 8 heteroatoms. The van der Waals surface area contributed by atoms with E-state index in [9.17, 15) is 9.59 Å². The Morgan fingerprint density at radius 3 is 1.39 bits per heavy atom. The quantitative estimate of drug-likeness (QED) is 0.544. The van der Waals surface area contributed by atoms with E-state index < -0.39 is 0 Å². The minimum atomic E-state index is -0.306. The number of nitrogens with one attached hydrogen (secondary N) is 4. The second kappa shape index (κ2) is 9.66. The van der Waals surface area contributed by atoms with Gasteiger partial charge >= 0.3 is 12.1 Å². The zero-order chi connectivity index (χ0) is 19.9. The molecule has 1 saturated carbocycles. The van der Waals surface area contributed by atoms with Crippen LogP contribution < -0.4 is 21.3 Å². The number of hydrogen-bond donors (Lipinski definition) is 4. The molecule has 0 unspecified atom stereocenters. The van der Waals surface area contributed by atoms with Crippen molar-refractivity contribution >= 4 is 46.6 Å². The van der Waals surface area contributed by atoms with Crippen LogP contribution in [0.3, 0.4) is 0 Å². The molecule has 2 aromatic rings. The Labute approximate surface area is 174 Å². The van der Waals surface area contributed by atoms with Crippen LogP contribution in [0.5, 0.6) is 0 Å². The van der Waals surface area contributed by atoms with Crippen molar-refractivity contribution in [3.05, 3.63) is 58.6 Å². The molecule has 1 aliphatic carbocycles. The summed E-state index contributed by atoms with van der Waals surface area (Å²) in [4.78, 5) is 24.6. The molecule has 28 heavy (non-hydrogen) atoms. The number of anilines is 2. The van der Waals surface area contributed by atoms with E-state index in [1.54, 1.807) is 48.5 Å². The summed E-state index contributed by atoms with van der Waals surface area (Å²) in [5.74, 6) is 0. The SMILES string of the molecule is O=C(Nc1ccc(Cl)cc1)N[C@H]1CCCC[C@@H]1NC(=O)Nc1ccc(Cl)cc1. The lowest BCUT2D eigenvalue weighted by molar-refractivity contribution is 0.225. The van der Waals surface area contributed by atoms with Gasteiger partial charge in [-0.1, -0.05) is 36.0 Å². The molecule has 3 rings (SSSR count). The average molecular weight is 421 g/mol. The Hall–Kier alpha value is -2.44. The number of carbonyl (C=O) groups is 2. The van der Waals surface area contributed by atoms with Crippen LogP contribution in [0.2, 0.25) is 10.0 Å². The van der Waals surface area contributed by atoms with Crippen molar-refractivity contribution in [2.75, 3.05) is 10.6 Å². The first-order chi connectivity index (χ1) is 13.5. The Morgan fingerprint density at radius 1 is 0.679 bits per heavy atom. The fourth-order valence-electron chi connectivity index (χ4n) is 3.21. The van der Waals surface area contributed by atoms with Crippen molar-refractivity contribution in [2.45, 2.75) is 37.8 Å². The number of benzene rings is 2. The van der Waals surface area contributed by atoms with E-state index in [1.165, 1.54) is 0 Å². The molecular formula is C20H22Cl2N4O2. The lowest BCUT2D eigenvalue weighted by Crippen LogP contribution is -2.54. The van der Waals surface area contributed by atoms with E-state index in [2.05, 4.69) is 21.3 Å². The average Bonchev–Trinajstić information content (AvgIpc) is 2.67. The summed E-state index contributed by atoms with van der Waals surface area (Å²) in [6.45, 7) is 0. The predicted molar refractivity (Wildman–Crippen MR) is 113 cm³/mol. The normalized spacial score (nSPS) is 18.8. The van der Waals surface area contributed by atoms with Gasteiger partial charge in [0, 0.05) is 21.4 Å². The number of amides is 4. The van der Waals surface area contributed by atoms with Crippen molar-refractivity contribution in [1.29, 1.82) is 0 Å². The number of hydrogen-bond acceptors (Lipinski definition) is 2. The van der Waals surface area contributed by atoms with E-state index in [0.717, 1.165) is 25.7 Å². The van der Waals surface area contributed by atoms with Gasteiger partial charge in [-0.3, -0.25) is 0 Å². The van der Waals surface area contributed by atoms with Crippen LogP contribution >= 0.6 is 23.2 Å². The molecule has 148 valence electrons. The highest BCUT2D eigenvalue weighted by Crippen LogP contribution is 2.20. The molecular weight excluding hydrogens is 399 g/mol. The predicted octanol–water partition coefficient (Wildman–Crippen LogP) is 5.25. The fraction of sp³-hybridized carbons (Fsp3) is 0.300. The molecule has 2 aromatic carbocycles. The van der Waals surface area contributed by atoms with Crippen molar-refractivity contribution in [1.82, 2.24) is 10.6 Å². The van der Waals surface area contributed by atoms with Crippen LogP contribution in [0.1, 0.15) is 25.7 Å². The van der Waals surface area contributed by atoms with Gasteiger partial charge in [0.05, 0.1) is 12.1 Å². The minimum absolute atomic E-state index is 0.142. The van der Waals surface area contributed by atoms with Gasteiger partial charge in [0.25, 0.3) is 0 Å². The Balaban J connectivity index is 1.54. The maximum atomic E-state index is 12.3. The fourth-order valence-corrected chi connectivity index (χ4v) is 3.47. The molecule has 0 radical (unpaired) electrons. The van der Waals surface area contributed by atoms with Crippen molar-refractivity contribution in [3.8, 4) is 0 Å². The lowest BCUT2D eigenvalue weighted by atomic mass is 9.90. The highest BCUT2D eigenvalue weighted by atomic mass is 35.5. The molecule has 0 bridgehead atoms. The molecule has 1 fully saturated rings. The maximum Gasteiger partial charge on any atom is 0.319 e. The maximum absolute atomic E-state index is 12.3. The first-order valence-electron chi connectivity index (χ1n) is 9.16. The highest BCUT2D eigenvalue weighted by Gasteiger charge is 2.27. The second-order valence-corrected chi connectivity index (χ2v) is 7.58. The minimum Gasteiger partial charge on any atom is -0.333 e. The summed E-state index contributed by atoms with van der Waals surface area (Å²) in [5.41, 5.74) is 1.31. The zero-order valence-electron chi connectivity index (χ0n) is 15.2. The van der Waals surface area contributed by atoms with Crippen LogP contribution in [-0.4, -0.2) is 24.1 Å². The van der Waals surface area contributed by atoms with Gasteiger partial charge in [0.1, 0.15) is 0 Å². The van der Waals surface area contributed by atoms with Gasteiger partial charge in [-0.25, -0.2) is 9.59 Å². The molecule has 6 nitrogen and oxygen atoms in total. The third-order valence-electron chi connectivity index (χ3n) is 4.60. The Morgan fingerprint density at radius 2 is 1.04 bits per heavy atom. The van der Waals surface area contributed by atoms with Crippen molar-refractivity contribution < 1.29 is 9.59 Å². The van der Waals surface area contributed by atoms with Gasteiger partial charge in [0.2, 0.25) is 0 Å². The van der Waals surface area contributed by atoms with Gasteiger partial charge in [0.15, 0.2) is 0 Å². The van der Waals surface area contributed by atoms with Gasteiger partial charge < -0.3 is 21.3 Å². The molecule has 4 amide bonds. The van der Waals surface area contributed by atoms with Crippen LogP contribution in [-0.2, 0) is 0 Å². The van der Waals surface area contributed by atoms with Crippen LogP contribution in [0.15, 0.2) is 48.5 Å². The third-order valence-corrected chi connectivity index (χ3v) is 5.11. The molecule has 1 aliphatic rings. The standard InChI is InChI=1S/C20H22Cl2N4O2/c21-13-5-9-15(10-6-13)23-19(27)25-17-3-1-2-4-18(17)26-20(28)24-16-11-7-14(22)8-12-16/h5-12,17-18H,1-4H2,(H2,23,25,27)(H2,24,26,28)/t17-,18-/m0/s1. The monoisotopic (exact) mass is 420 g/mol. The number of halogens is 2. The lowest BCUT2D eigenvalue weighted by Gasteiger charge is -2.32. The van der Waals surface area contributed by atoms with Gasteiger partial charge in [-0.05, 0) is 61.4 Å². The highest BCUT2D eigenvalue weighted by molar-refractivity contribution is 6.30. The summed E-state index contributed by atoms with van der Waals surface area (Å²) < 4.78 is 0. The first kappa shape index (κ1) is 20.3. The zero-order valence-corrected chi connectivity index (χ0v) is 16.7. The second-order valence-electron chi connectivity index (χ2n) is 6.71. The molecule has 0 spiro atoms. The third kappa shape index (κ3) is 6.04. The molecule has 2 atom stereocenters. The molecule has 4 N–H and O–H groups in total. The Bertz CT molecular complexity index is 742. The largest absolute Gasteiger partial charge is 0.333 e. The summed E-state index contributed by atoms with van der Waals surface area (Å²) in [6, 6.07) is 12.9. The van der Waals surface area contributed by atoms with E-state index in [0.29, 0.717) is 21.4 Å². The van der Waals surface area contributed by atoms with Gasteiger partial charge in [-0.2, -0.15) is 0 Å². The molecule has 0 saturated heterocycles. The molecule has 0 heterocycles. The summed E-state index contributed by atoms with van der Waals surface area (Å²) in [6.07, 6.45) is 3.62. The van der Waals surface area contributed by atoms with E-state index >= 15 is 0 Å². The van der Waals surface area contributed by atoms with E-state index in [-0.39, 0.29) is 24.1 Å².